The molecule has 0 atom stereocenters. The molecule has 1 nitrogen and oxygen atoms in total. The monoisotopic (exact) mass is 318 g/mol. The summed E-state index contributed by atoms with van der Waals surface area (Å²) in [5.74, 6) is 0. The summed E-state index contributed by atoms with van der Waals surface area (Å²) >= 11 is 0. The molecule has 18 heavy (non-hydrogen) atoms. The van der Waals surface area contributed by atoms with Gasteiger partial charge in [0.15, 0.2) is 0 Å². The summed E-state index contributed by atoms with van der Waals surface area (Å²) < 4.78 is 0. The van der Waals surface area contributed by atoms with Gasteiger partial charge in [0.05, 0.1) is 0 Å². The second kappa shape index (κ2) is 7.62. The Hall–Kier alpha value is 0.0843. The van der Waals surface area contributed by atoms with E-state index in [1.165, 1.54) is 21.9 Å². The van der Waals surface area contributed by atoms with Crippen molar-refractivity contribution < 1.29 is 46.5 Å². The average molecular weight is 319 g/mol. The Bertz CT molecular complexity index is 491. The molecule has 0 aromatic heterocycles. The zero-order valence-electron chi connectivity index (χ0n) is 10.9. The first kappa shape index (κ1) is 20.4. The van der Waals surface area contributed by atoms with Crippen LogP contribution in [-0.4, -0.2) is 6.54 Å². The molecule has 0 saturated carbocycles. The summed E-state index contributed by atoms with van der Waals surface area (Å²) in [4.78, 5) is 0. The number of aryl methyl sites for hydroxylation is 1. The average Bonchev–Trinajstić information content (AvgIpc) is 2.58. The van der Waals surface area contributed by atoms with Crippen LogP contribution in [0.1, 0.15) is 25.0 Å². The van der Waals surface area contributed by atoms with Crippen molar-refractivity contribution in [1.29, 1.82) is 0 Å². The van der Waals surface area contributed by atoms with Gasteiger partial charge in [-0.25, -0.2) is 0 Å². The third-order valence-electron chi connectivity index (χ3n) is 3.24. The first-order valence-corrected chi connectivity index (χ1v) is 5.42. The maximum absolute atomic E-state index is 5.84. The van der Waals surface area contributed by atoms with Crippen molar-refractivity contribution in [2.24, 2.45) is 5.73 Å². The Balaban J connectivity index is 0. The Kier molecular flexibility index (Phi) is 8.64. The summed E-state index contributed by atoms with van der Waals surface area (Å²) in [5.41, 5.74) is 8.62. The quantitative estimate of drug-likeness (QED) is 0.467. The molecule has 0 amide bonds. The largest absolute Gasteiger partial charge is 3.00 e. The van der Waals surface area contributed by atoms with E-state index in [9.17, 15) is 0 Å². The number of nitrogens with two attached hydrogens (primary N) is 1. The molecule has 0 fully saturated rings. The molecule has 0 aliphatic rings. The maximum Gasteiger partial charge on any atom is 3.00 e. The summed E-state index contributed by atoms with van der Waals surface area (Å²) in [6.45, 7) is 7.25. The molecule has 2 aromatic rings. The molecule has 2 N–H and O–H groups in total. The van der Waals surface area contributed by atoms with E-state index in [1.807, 2.05) is 0 Å². The van der Waals surface area contributed by atoms with Crippen LogP contribution in [0.4, 0.5) is 0 Å². The molecular weight excluding hydrogens is 301 g/mol. The van der Waals surface area contributed by atoms with Crippen molar-refractivity contribution in [1.82, 2.24) is 0 Å². The summed E-state index contributed by atoms with van der Waals surface area (Å²) in [6.07, 6.45) is 0. The molecule has 2 aromatic carbocycles. The van der Waals surface area contributed by atoms with E-state index in [4.69, 9.17) is 5.73 Å². The van der Waals surface area contributed by atoms with Crippen LogP contribution in [0, 0.1) is 6.92 Å². The molecule has 0 saturated heterocycles. The van der Waals surface area contributed by atoms with E-state index in [0.717, 1.165) is 0 Å². The molecule has 97 valence electrons. The zero-order valence-corrected chi connectivity index (χ0v) is 14.0. The van der Waals surface area contributed by atoms with E-state index in [0.29, 0.717) is 6.54 Å². The van der Waals surface area contributed by atoms with Crippen molar-refractivity contribution >= 4 is 10.8 Å². The van der Waals surface area contributed by atoms with Gasteiger partial charge < -0.3 is 30.5 Å². The van der Waals surface area contributed by atoms with E-state index < -0.39 is 0 Å². The van der Waals surface area contributed by atoms with Gasteiger partial charge in [0.25, 0.3) is 0 Å². The van der Waals surface area contributed by atoms with Crippen molar-refractivity contribution in [3.05, 3.63) is 41.5 Å². The van der Waals surface area contributed by atoms with E-state index in [2.05, 4.69) is 51.1 Å². The van der Waals surface area contributed by atoms with Gasteiger partial charge in [-0.2, -0.15) is 5.56 Å². The van der Waals surface area contributed by atoms with Gasteiger partial charge in [-0.05, 0) is 12.0 Å². The summed E-state index contributed by atoms with van der Waals surface area (Å²) in [6, 6.07) is 10.8. The molecular formula is C14H18Cl2NTi. The molecule has 2 rings (SSSR count). The Morgan fingerprint density at radius 3 is 2.28 bits per heavy atom. The Morgan fingerprint density at radius 1 is 1.17 bits per heavy atom. The van der Waals surface area contributed by atoms with Crippen LogP contribution in [-0.2, 0) is 27.1 Å². The van der Waals surface area contributed by atoms with Gasteiger partial charge in [-0.1, -0.05) is 26.8 Å². The molecule has 0 aliphatic heterocycles. The minimum Gasteiger partial charge on any atom is -1.00 e. The maximum atomic E-state index is 5.84. The second-order valence-corrected chi connectivity index (χ2v) is 4.87. The topological polar surface area (TPSA) is 26.0 Å². The number of benzene rings is 1. The predicted octanol–water partition coefficient (Wildman–Crippen LogP) is -2.89. The third-order valence-corrected chi connectivity index (χ3v) is 3.24. The third kappa shape index (κ3) is 3.56. The minimum atomic E-state index is 0. The standard InChI is InChI=1S/C14H18N.2ClH.Ti/c1-10-8-13(14(2,3)9-15)12-7-5-4-6-11(10)12;;;/h4-8H,9,15H2,1-3H3;2*1H;/q-1;;;+3/p-2. The number of hydrogen-bond acceptors (Lipinski definition) is 1. The van der Waals surface area contributed by atoms with Crippen molar-refractivity contribution in [3.63, 3.8) is 0 Å². The van der Waals surface area contributed by atoms with E-state index in [1.54, 1.807) is 0 Å². The molecule has 4 heteroatoms. The molecule has 0 heterocycles. The Labute approximate surface area is 137 Å². The molecule has 0 aliphatic carbocycles. The van der Waals surface area contributed by atoms with Crippen LogP contribution < -0.4 is 30.5 Å². The summed E-state index contributed by atoms with van der Waals surface area (Å²) in [7, 11) is 0. The van der Waals surface area contributed by atoms with Crippen LogP contribution >= 0.6 is 0 Å². The van der Waals surface area contributed by atoms with Gasteiger partial charge in [0.2, 0.25) is 0 Å². The number of rotatable bonds is 2. The van der Waals surface area contributed by atoms with E-state index in [-0.39, 0.29) is 51.9 Å². The fourth-order valence-corrected chi connectivity index (χ4v) is 2.10. The van der Waals surface area contributed by atoms with Crippen LogP contribution in [0.2, 0.25) is 0 Å². The van der Waals surface area contributed by atoms with Crippen molar-refractivity contribution in [3.8, 4) is 0 Å². The fraction of sp³-hybridized carbons (Fsp3) is 0.357. The Morgan fingerprint density at radius 2 is 1.72 bits per heavy atom. The van der Waals surface area contributed by atoms with Gasteiger partial charge in [0.1, 0.15) is 0 Å². The van der Waals surface area contributed by atoms with Gasteiger partial charge in [-0.15, -0.1) is 40.6 Å². The first-order valence-electron chi connectivity index (χ1n) is 5.42. The SMILES string of the molecule is Cc1c[c-](C(C)(C)CN)c2ccccc12.[Cl-].[Cl-].[Ti+3]. The summed E-state index contributed by atoms with van der Waals surface area (Å²) in [5, 5.41) is 2.71. The second-order valence-electron chi connectivity index (χ2n) is 4.87. The van der Waals surface area contributed by atoms with Crippen LogP contribution in [0.3, 0.4) is 0 Å². The van der Waals surface area contributed by atoms with Gasteiger partial charge >= 0.3 is 21.7 Å². The van der Waals surface area contributed by atoms with Crippen molar-refractivity contribution in [2.75, 3.05) is 6.54 Å². The first-order chi connectivity index (χ1) is 7.06. The molecule has 0 unspecified atom stereocenters. The predicted molar refractivity (Wildman–Crippen MR) is 66.4 cm³/mol. The number of hydrogen-bond donors (Lipinski definition) is 1. The van der Waals surface area contributed by atoms with Crippen LogP contribution in [0.25, 0.3) is 10.8 Å². The molecule has 0 bridgehead atoms. The molecule has 0 spiro atoms. The molecule has 1 radical (unpaired) electrons. The van der Waals surface area contributed by atoms with Gasteiger partial charge in [-0.3, -0.25) is 0 Å². The smallest absolute Gasteiger partial charge is 1.00 e. The van der Waals surface area contributed by atoms with Crippen LogP contribution in [0.5, 0.6) is 0 Å². The van der Waals surface area contributed by atoms with E-state index >= 15 is 0 Å². The van der Waals surface area contributed by atoms with Gasteiger partial charge in [0, 0.05) is 0 Å². The zero-order chi connectivity index (χ0) is 11.1. The number of fused-ring (bicyclic) bond motifs is 1. The van der Waals surface area contributed by atoms with Crippen LogP contribution in [0.15, 0.2) is 30.3 Å². The number of halogens is 2. The normalized spacial score (nSPS) is 10.2. The minimum absolute atomic E-state index is 0. The fourth-order valence-electron chi connectivity index (χ4n) is 2.10. The van der Waals surface area contributed by atoms with Crippen molar-refractivity contribution in [2.45, 2.75) is 26.2 Å².